The van der Waals surface area contributed by atoms with Gasteiger partial charge in [0.25, 0.3) is 5.91 Å². The molecule has 1 N–H and O–H groups in total. The number of ether oxygens (including phenoxy) is 1. The van der Waals surface area contributed by atoms with Gasteiger partial charge in [-0.15, -0.1) is 13.2 Å². The van der Waals surface area contributed by atoms with Gasteiger partial charge in [-0.3, -0.25) is 14.4 Å². The van der Waals surface area contributed by atoms with Crippen molar-refractivity contribution >= 4 is 35.0 Å². The third kappa shape index (κ3) is 5.84. The average molecular weight is 634 g/mol. The predicted octanol–water partition coefficient (Wildman–Crippen LogP) is 5.25. The maximum atomic E-state index is 14.8. The Bertz CT molecular complexity index is 1430. The second-order valence-corrected chi connectivity index (χ2v) is 13.6. The van der Waals surface area contributed by atoms with E-state index in [9.17, 15) is 19.5 Å². The third-order valence-corrected chi connectivity index (χ3v) is 9.91. The van der Waals surface area contributed by atoms with Gasteiger partial charge >= 0.3 is 0 Å². The fourth-order valence-electron chi connectivity index (χ4n) is 7.84. The minimum Gasteiger partial charge on any atom is -0.394 e. The van der Waals surface area contributed by atoms with Gasteiger partial charge in [0.2, 0.25) is 11.8 Å². The van der Waals surface area contributed by atoms with Crippen molar-refractivity contribution in [1.29, 1.82) is 0 Å². The predicted molar refractivity (Wildman–Crippen MR) is 175 cm³/mol. The summed E-state index contributed by atoms with van der Waals surface area (Å²) in [7, 11) is 0. The van der Waals surface area contributed by atoms with Crippen LogP contribution in [0.25, 0.3) is 0 Å². The van der Waals surface area contributed by atoms with Gasteiger partial charge in [-0.25, -0.2) is 0 Å². The van der Waals surface area contributed by atoms with Crippen molar-refractivity contribution in [1.82, 2.24) is 9.80 Å². The second-order valence-electron chi connectivity index (χ2n) is 13.1. The summed E-state index contributed by atoms with van der Waals surface area (Å²) in [5.74, 6) is -2.38. The summed E-state index contributed by atoms with van der Waals surface area (Å²) in [4.78, 5) is 49.0. The number of carbonyl (C=O) groups is 3. The number of rotatable bonds is 13. The summed E-state index contributed by atoms with van der Waals surface area (Å²) in [5.41, 5.74) is -0.600. The van der Waals surface area contributed by atoms with Crippen molar-refractivity contribution in [2.45, 2.75) is 69.9 Å². The Labute approximate surface area is 271 Å². The zero-order valence-electron chi connectivity index (χ0n) is 26.4. The van der Waals surface area contributed by atoms with Crippen LogP contribution in [0, 0.1) is 17.8 Å². The molecule has 2 bridgehead atoms. The van der Waals surface area contributed by atoms with E-state index < -0.39 is 35.1 Å². The number of halogens is 1. The molecule has 240 valence electrons. The topological polar surface area (TPSA) is 90.4 Å². The number of nitrogens with zero attached hydrogens (tertiary/aromatic N) is 3. The maximum Gasteiger partial charge on any atom is 0.253 e. The molecular weight excluding hydrogens is 590 g/mol. The number of anilines is 1. The van der Waals surface area contributed by atoms with Crippen LogP contribution in [0.1, 0.15) is 45.6 Å². The Kier molecular flexibility index (Phi) is 9.59. The van der Waals surface area contributed by atoms with E-state index in [1.165, 1.54) is 0 Å². The van der Waals surface area contributed by atoms with Crippen LogP contribution in [-0.4, -0.2) is 75.6 Å². The monoisotopic (exact) mass is 633 g/mol. The van der Waals surface area contributed by atoms with Crippen LogP contribution in [0.4, 0.5) is 5.69 Å². The summed E-state index contributed by atoms with van der Waals surface area (Å²) >= 11 is 6.17. The van der Waals surface area contributed by atoms with E-state index in [-0.39, 0.29) is 36.8 Å². The second kappa shape index (κ2) is 13.1. The molecule has 6 atom stereocenters. The third-order valence-electron chi connectivity index (χ3n) is 9.66. The molecule has 2 unspecified atom stereocenters. The highest BCUT2D eigenvalue weighted by Gasteiger charge is 2.78. The van der Waals surface area contributed by atoms with Gasteiger partial charge in [0.05, 0.1) is 30.1 Å². The van der Waals surface area contributed by atoms with Crippen LogP contribution in [0.2, 0.25) is 5.02 Å². The average Bonchev–Trinajstić information content (AvgIpc) is 3.59. The molecule has 3 aliphatic heterocycles. The number of benzene rings is 2. The van der Waals surface area contributed by atoms with Crippen LogP contribution in [0.5, 0.6) is 0 Å². The Morgan fingerprint density at radius 2 is 1.73 bits per heavy atom. The molecule has 1 spiro atoms. The number of hydrogen-bond acceptors (Lipinski definition) is 5. The van der Waals surface area contributed by atoms with Gasteiger partial charge < -0.3 is 24.5 Å². The van der Waals surface area contributed by atoms with Crippen molar-refractivity contribution in [2.75, 3.05) is 24.6 Å². The molecule has 8 nitrogen and oxygen atoms in total. The fourth-order valence-corrected chi connectivity index (χ4v) is 7.97. The SMILES string of the molecule is C=CCN(Cc1ccccc1)C(=O)[C@H]1[C@H]2C(=O)N([C@@H](CO)CC(C)C)C(C(=O)N(CC=C)c3ccc(Cl)cc3)C23CC[C@]1(C)O3. The number of aliphatic hydroxyl groups excluding tert-OH is 1. The van der Waals surface area contributed by atoms with E-state index in [0.29, 0.717) is 43.1 Å². The quantitative estimate of drug-likeness (QED) is 0.305. The maximum absolute atomic E-state index is 14.8. The van der Waals surface area contributed by atoms with Crippen LogP contribution >= 0.6 is 11.6 Å². The summed E-state index contributed by atoms with van der Waals surface area (Å²) in [6.07, 6.45) is 4.78. The van der Waals surface area contributed by atoms with E-state index in [1.807, 2.05) is 51.1 Å². The molecule has 9 heteroatoms. The van der Waals surface area contributed by atoms with E-state index in [4.69, 9.17) is 16.3 Å². The first-order valence-electron chi connectivity index (χ1n) is 15.8. The molecule has 5 rings (SSSR count). The Balaban J connectivity index is 1.60. The van der Waals surface area contributed by atoms with Gasteiger partial charge in [-0.05, 0) is 61.9 Å². The minimum absolute atomic E-state index is 0.144. The van der Waals surface area contributed by atoms with Crippen molar-refractivity contribution in [3.63, 3.8) is 0 Å². The van der Waals surface area contributed by atoms with Crippen molar-refractivity contribution in [3.05, 3.63) is 90.5 Å². The molecule has 3 saturated heterocycles. The Morgan fingerprint density at radius 1 is 1.07 bits per heavy atom. The molecule has 3 heterocycles. The summed E-state index contributed by atoms with van der Waals surface area (Å²) in [6.45, 7) is 14.2. The van der Waals surface area contributed by atoms with Crippen molar-refractivity contribution in [2.24, 2.45) is 17.8 Å². The zero-order valence-corrected chi connectivity index (χ0v) is 27.2. The lowest BCUT2D eigenvalue weighted by molar-refractivity contribution is -0.152. The number of fused-ring (bicyclic) bond motifs is 1. The number of hydrogen-bond donors (Lipinski definition) is 1. The van der Waals surface area contributed by atoms with E-state index in [1.54, 1.807) is 51.1 Å². The van der Waals surface area contributed by atoms with Gasteiger partial charge in [0, 0.05) is 30.3 Å². The molecule has 0 saturated carbocycles. The first kappa shape index (κ1) is 32.9. The zero-order chi connectivity index (χ0) is 32.5. The van der Waals surface area contributed by atoms with E-state index in [0.717, 1.165) is 5.56 Å². The van der Waals surface area contributed by atoms with Crippen LogP contribution in [0.15, 0.2) is 79.9 Å². The standard InChI is InChI=1S/C36H44ClN3O5/c1-6-19-38(22-25-11-9-8-10-12-25)32(42)29-30-33(43)40(28(23-41)21-24(3)4)31(36(30)18-17-35(29,5)45-36)34(44)39(20-7-2)27-15-13-26(37)14-16-27/h6-16,24,28-31,41H,1-2,17-23H2,3-5H3/t28-,29-,30+,31?,35+,36?/m1/s1. The fraction of sp³-hybridized carbons (Fsp3) is 0.472. The normalized spacial score (nSPS) is 27.4. The highest BCUT2D eigenvalue weighted by molar-refractivity contribution is 6.30. The summed E-state index contributed by atoms with van der Waals surface area (Å²) < 4.78 is 6.89. The Morgan fingerprint density at radius 3 is 2.33 bits per heavy atom. The Hall–Kier alpha value is -3.46. The lowest BCUT2D eigenvalue weighted by Crippen LogP contribution is -2.59. The molecule has 0 radical (unpaired) electrons. The van der Waals surface area contributed by atoms with Crippen molar-refractivity contribution in [3.8, 4) is 0 Å². The molecule has 2 aromatic rings. The molecule has 0 aliphatic carbocycles. The van der Waals surface area contributed by atoms with Gasteiger partial charge in [-0.2, -0.15) is 0 Å². The van der Waals surface area contributed by atoms with E-state index in [2.05, 4.69) is 13.2 Å². The first-order valence-corrected chi connectivity index (χ1v) is 16.1. The molecule has 3 amide bonds. The summed E-state index contributed by atoms with van der Waals surface area (Å²) in [5, 5.41) is 11.2. The minimum atomic E-state index is -1.23. The molecule has 3 fully saturated rings. The van der Waals surface area contributed by atoms with Crippen LogP contribution in [-0.2, 0) is 25.7 Å². The first-order chi connectivity index (χ1) is 21.5. The van der Waals surface area contributed by atoms with Crippen LogP contribution in [0.3, 0.4) is 0 Å². The van der Waals surface area contributed by atoms with Crippen LogP contribution < -0.4 is 4.90 Å². The lowest BCUT2D eigenvalue weighted by atomic mass is 9.66. The number of carbonyl (C=O) groups excluding carboxylic acids is 3. The number of amides is 3. The number of aliphatic hydroxyl groups is 1. The highest BCUT2D eigenvalue weighted by Crippen LogP contribution is 2.64. The highest BCUT2D eigenvalue weighted by atomic mass is 35.5. The summed E-state index contributed by atoms with van der Waals surface area (Å²) in [6, 6.07) is 15.0. The molecule has 2 aromatic carbocycles. The number of likely N-dealkylation sites (tertiary alicyclic amines) is 1. The molecular formula is C36H44ClN3O5. The van der Waals surface area contributed by atoms with E-state index >= 15 is 0 Å². The molecule has 3 aliphatic rings. The smallest absolute Gasteiger partial charge is 0.253 e. The van der Waals surface area contributed by atoms with Gasteiger partial charge in [-0.1, -0.05) is 67.9 Å². The van der Waals surface area contributed by atoms with Crippen molar-refractivity contribution < 1.29 is 24.2 Å². The molecule has 0 aromatic heterocycles. The largest absolute Gasteiger partial charge is 0.394 e. The molecule has 45 heavy (non-hydrogen) atoms. The van der Waals surface area contributed by atoms with Gasteiger partial charge in [0.15, 0.2) is 0 Å². The van der Waals surface area contributed by atoms with Gasteiger partial charge in [0.1, 0.15) is 11.6 Å². The lowest BCUT2D eigenvalue weighted by Gasteiger charge is -2.40.